The topological polar surface area (TPSA) is 29.1 Å². The van der Waals surface area contributed by atoms with E-state index in [0.717, 1.165) is 29.0 Å². The molecule has 0 heterocycles. The van der Waals surface area contributed by atoms with Gasteiger partial charge in [-0.3, -0.25) is 4.79 Å². The Balaban J connectivity index is 2.65. The average molecular weight is 272 g/mol. The van der Waals surface area contributed by atoms with E-state index in [9.17, 15) is 4.79 Å². The van der Waals surface area contributed by atoms with Gasteiger partial charge >= 0.3 is 0 Å². The molecule has 0 radical (unpaired) electrons. The predicted octanol–water partition coefficient (Wildman–Crippen LogP) is 4.04. The van der Waals surface area contributed by atoms with Crippen molar-refractivity contribution in [1.29, 1.82) is 0 Å². The van der Waals surface area contributed by atoms with Crippen LogP contribution >= 0.6 is 23.4 Å². The van der Waals surface area contributed by atoms with E-state index in [2.05, 4.69) is 5.32 Å². The summed E-state index contributed by atoms with van der Waals surface area (Å²) in [5.74, 6) is 1.04. The molecule has 17 heavy (non-hydrogen) atoms. The molecule has 94 valence electrons. The van der Waals surface area contributed by atoms with E-state index in [1.807, 2.05) is 32.2 Å². The van der Waals surface area contributed by atoms with Crippen LogP contribution in [0, 0.1) is 13.8 Å². The van der Waals surface area contributed by atoms with Gasteiger partial charge in [-0.25, -0.2) is 0 Å². The maximum Gasteiger partial charge on any atom is 0.224 e. The van der Waals surface area contributed by atoms with Gasteiger partial charge in [-0.05, 0) is 49.5 Å². The molecule has 0 aliphatic carbocycles. The molecule has 0 atom stereocenters. The smallest absolute Gasteiger partial charge is 0.224 e. The molecular weight excluding hydrogens is 254 g/mol. The maximum atomic E-state index is 11.7. The molecule has 0 unspecified atom stereocenters. The lowest BCUT2D eigenvalue weighted by Gasteiger charge is -2.11. The van der Waals surface area contributed by atoms with Gasteiger partial charge in [0.2, 0.25) is 5.91 Å². The second-order valence-electron chi connectivity index (χ2n) is 4.08. The summed E-state index contributed by atoms with van der Waals surface area (Å²) in [6.07, 6.45) is 3.49. The molecule has 0 fully saturated rings. The summed E-state index contributed by atoms with van der Waals surface area (Å²) < 4.78 is 0. The first-order chi connectivity index (χ1) is 8.04. The normalized spacial score (nSPS) is 10.4. The van der Waals surface area contributed by atoms with Crippen molar-refractivity contribution < 1.29 is 4.79 Å². The number of benzene rings is 1. The van der Waals surface area contributed by atoms with E-state index in [-0.39, 0.29) is 5.91 Å². The van der Waals surface area contributed by atoms with Gasteiger partial charge in [-0.15, -0.1) is 0 Å². The SMILES string of the molecule is CSCCCC(=O)Nc1c(C)cc(C)cc1Cl. The third-order valence-corrected chi connectivity index (χ3v) is 3.44. The molecular formula is C13H18ClNOS. The van der Waals surface area contributed by atoms with E-state index >= 15 is 0 Å². The van der Waals surface area contributed by atoms with Crippen LogP contribution in [0.3, 0.4) is 0 Å². The lowest BCUT2D eigenvalue weighted by molar-refractivity contribution is -0.116. The summed E-state index contributed by atoms with van der Waals surface area (Å²) in [7, 11) is 0. The lowest BCUT2D eigenvalue weighted by Crippen LogP contribution is -2.13. The van der Waals surface area contributed by atoms with Crippen LogP contribution < -0.4 is 5.32 Å². The summed E-state index contributed by atoms with van der Waals surface area (Å²) in [6.45, 7) is 3.94. The first-order valence-corrected chi connectivity index (χ1v) is 7.37. The van der Waals surface area contributed by atoms with Crippen LogP contribution in [0.15, 0.2) is 12.1 Å². The zero-order valence-corrected chi connectivity index (χ0v) is 12.0. The van der Waals surface area contributed by atoms with E-state index in [0.29, 0.717) is 11.4 Å². The van der Waals surface area contributed by atoms with Crippen molar-refractivity contribution in [1.82, 2.24) is 0 Å². The van der Waals surface area contributed by atoms with Crippen molar-refractivity contribution in [2.75, 3.05) is 17.3 Å². The highest BCUT2D eigenvalue weighted by Crippen LogP contribution is 2.27. The first-order valence-electron chi connectivity index (χ1n) is 5.60. The number of halogens is 1. The van der Waals surface area contributed by atoms with Gasteiger partial charge in [-0.2, -0.15) is 11.8 Å². The second kappa shape index (κ2) is 6.92. The van der Waals surface area contributed by atoms with Gasteiger partial charge in [0, 0.05) is 6.42 Å². The fourth-order valence-corrected chi connectivity index (χ4v) is 2.45. The number of nitrogens with one attached hydrogen (secondary N) is 1. The van der Waals surface area contributed by atoms with E-state index in [1.54, 1.807) is 11.8 Å². The standard InChI is InChI=1S/C13H18ClNOS/c1-9-7-10(2)13(11(14)8-9)15-12(16)5-4-6-17-3/h7-8H,4-6H2,1-3H3,(H,15,16). The molecule has 0 aliphatic heterocycles. The number of carbonyl (C=O) groups excluding carboxylic acids is 1. The quantitative estimate of drug-likeness (QED) is 0.819. The molecule has 0 saturated carbocycles. The second-order valence-corrected chi connectivity index (χ2v) is 5.48. The number of thioether (sulfide) groups is 1. The van der Waals surface area contributed by atoms with Gasteiger partial charge in [-0.1, -0.05) is 17.7 Å². The molecule has 1 aromatic carbocycles. The number of hydrogen-bond acceptors (Lipinski definition) is 2. The van der Waals surface area contributed by atoms with Crippen molar-refractivity contribution in [3.63, 3.8) is 0 Å². The van der Waals surface area contributed by atoms with Crippen LogP contribution in [0.5, 0.6) is 0 Å². The highest BCUT2D eigenvalue weighted by molar-refractivity contribution is 7.98. The van der Waals surface area contributed by atoms with Crippen LogP contribution in [0.25, 0.3) is 0 Å². The number of rotatable bonds is 5. The minimum absolute atomic E-state index is 0.0351. The van der Waals surface area contributed by atoms with Gasteiger partial charge in [0.1, 0.15) is 0 Å². The molecule has 1 rings (SSSR count). The van der Waals surface area contributed by atoms with E-state index < -0.39 is 0 Å². The van der Waals surface area contributed by atoms with Crippen molar-refractivity contribution in [3.05, 3.63) is 28.3 Å². The molecule has 1 N–H and O–H groups in total. The van der Waals surface area contributed by atoms with Gasteiger partial charge in [0.05, 0.1) is 10.7 Å². The van der Waals surface area contributed by atoms with Crippen LogP contribution in [0.4, 0.5) is 5.69 Å². The Morgan fingerprint density at radius 1 is 1.41 bits per heavy atom. The van der Waals surface area contributed by atoms with Crippen molar-refractivity contribution in [3.8, 4) is 0 Å². The van der Waals surface area contributed by atoms with Gasteiger partial charge in [0.25, 0.3) is 0 Å². The van der Waals surface area contributed by atoms with Gasteiger partial charge in [0.15, 0.2) is 0 Å². The van der Waals surface area contributed by atoms with Crippen LogP contribution in [0.2, 0.25) is 5.02 Å². The minimum atomic E-state index is 0.0351. The Labute approximate surface area is 112 Å². The fourth-order valence-electron chi connectivity index (χ4n) is 1.65. The number of carbonyl (C=O) groups is 1. The largest absolute Gasteiger partial charge is 0.325 e. The number of anilines is 1. The third kappa shape index (κ3) is 4.60. The summed E-state index contributed by atoms with van der Waals surface area (Å²) in [5.41, 5.74) is 2.85. The average Bonchev–Trinajstić information content (AvgIpc) is 2.24. The lowest BCUT2D eigenvalue weighted by atomic mass is 10.1. The molecule has 0 bridgehead atoms. The number of amides is 1. The summed E-state index contributed by atoms with van der Waals surface area (Å²) >= 11 is 7.87. The maximum absolute atomic E-state index is 11.7. The molecule has 1 aromatic rings. The Bertz CT molecular complexity index is 383. The van der Waals surface area contributed by atoms with E-state index in [1.165, 1.54) is 0 Å². The van der Waals surface area contributed by atoms with Crippen molar-refractivity contribution in [2.24, 2.45) is 0 Å². The minimum Gasteiger partial charge on any atom is -0.325 e. The number of aryl methyl sites for hydroxylation is 2. The Morgan fingerprint density at radius 2 is 2.12 bits per heavy atom. The van der Waals surface area contributed by atoms with Crippen LogP contribution in [-0.4, -0.2) is 17.9 Å². The van der Waals surface area contributed by atoms with Crippen LogP contribution in [-0.2, 0) is 4.79 Å². The third-order valence-electron chi connectivity index (χ3n) is 2.45. The molecule has 0 spiro atoms. The monoisotopic (exact) mass is 271 g/mol. The summed E-state index contributed by atoms with van der Waals surface area (Å²) in [6, 6.07) is 3.88. The van der Waals surface area contributed by atoms with Gasteiger partial charge < -0.3 is 5.32 Å². The fraction of sp³-hybridized carbons (Fsp3) is 0.462. The highest BCUT2D eigenvalue weighted by Gasteiger charge is 2.08. The zero-order valence-electron chi connectivity index (χ0n) is 10.5. The Hall–Kier alpha value is -0.670. The first kappa shape index (κ1) is 14.4. The molecule has 0 aliphatic rings. The number of hydrogen-bond donors (Lipinski definition) is 1. The molecule has 1 amide bonds. The molecule has 0 aromatic heterocycles. The highest BCUT2D eigenvalue weighted by atomic mass is 35.5. The molecule has 0 saturated heterocycles. The molecule has 2 nitrogen and oxygen atoms in total. The predicted molar refractivity (Wildman–Crippen MR) is 77.2 cm³/mol. The Kier molecular flexibility index (Phi) is 5.86. The summed E-state index contributed by atoms with van der Waals surface area (Å²) in [4.78, 5) is 11.7. The van der Waals surface area contributed by atoms with E-state index in [4.69, 9.17) is 11.6 Å². The van der Waals surface area contributed by atoms with Crippen molar-refractivity contribution >= 4 is 35.0 Å². The van der Waals surface area contributed by atoms with Crippen LogP contribution in [0.1, 0.15) is 24.0 Å². The molecule has 4 heteroatoms. The zero-order chi connectivity index (χ0) is 12.8. The Morgan fingerprint density at radius 3 is 2.71 bits per heavy atom. The summed E-state index contributed by atoms with van der Waals surface area (Å²) in [5, 5.41) is 3.50. The van der Waals surface area contributed by atoms with Crippen molar-refractivity contribution in [2.45, 2.75) is 26.7 Å².